The Labute approximate surface area is 292 Å². The topological polar surface area (TPSA) is 69.6 Å². The minimum absolute atomic E-state index is 0.0894. The number of nitrogens with one attached hydrogen (secondary N) is 1. The molecular formula is C43H77NO3. The van der Waals surface area contributed by atoms with Gasteiger partial charge in [-0.3, -0.25) is 4.79 Å². The molecule has 0 aliphatic heterocycles. The van der Waals surface area contributed by atoms with Gasteiger partial charge < -0.3 is 15.5 Å². The third-order valence-electron chi connectivity index (χ3n) is 8.72. The normalized spacial score (nSPS) is 13.7. The fourth-order valence-corrected chi connectivity index (χ4v) is 5.61. The number of unbranched alkanes of at least 4 members (excludes halogenated alkanes) is 20. The number of allylic oxidation sites excluding steroid dienone is 9. The lowest BCUT2D eigenvalue weighted by Crippen LogP contribution is -2.45. The Morgan fingerprint density at radius 1 is 0.511 bits per heavy atom. The maximum absolute atomic E-state index is 12.3. The lowest BCUT2D eigenvalue weighted by Gasteiger charge is -2.19. The molecule has 0 saturated carbocycles. The van der Waals surface area contributed by atoms with Gasteiger partial charge in [-0.15, -0.1) is 0 Å². The molecule has 0 aliphatic rings. The molecule has 2 unspecified atom stereocenters. The van der Waals surface area contributed by atoms with Crippen LogP contribution in [0.4, 0.5) is 0 Å². The number of carbonyl (C=O) groups excluding carboxylic acids is 1. The molecule has 0 aliphatic carbocycles. The monoisotopic (exact) mass is 656 g/mol. The van der Waals surface area contributed by atoms with Crippen LogP contribution in [0.1, 0.15) is 187 Å². The van der Waals surface area contributed by atoms with Gasteiger partial charge in [-0.2, -0.15) is 0 Å². The van der Waals surface area contributed by atoms with E-state index in [1.807, 2.05) is 6.08 Å². The summed E-state index contributed by atoms with van der Waals surface area (Å²) in [6.45, 7) is 4.26. The van der Waals surface area contributed by atoms with Crippen molar-refractivity contribution in [3.63, 3.8) is 0 Å². The maximum Gasteiger partial charge on any atom is 0.220 e. The van der Waals surface area contributed by atoms with Crippen LogP contribution in [0.25, 0.3) is 0 Å². The predicted octanol–water partition coefficient (Wildman–Crippen LogP) is 12.2. The van der Waals surface area contributed by atoms with E-state index in [9.17, 15) is 15.0 Å². The number of hydrogen-bond donors (Lipinski definition) is 3. The van der Waals surface area contributed by atoms with Crippen molar-refractivity contribution in [2.24, 2.45) is 0 Å². The molecule has 4 nitrogen and oxygen atoms in total. The van der Waals surface area contributed by atoms with E-state index in [2.05, 4.69) is 67.8 Å². The number of carbonyl (C=O) groups is 1. The summed E-state index contributed by atoms with van der Waals surface area (Å²) in [7, 11) is 0. The summed E-state index contributed by atoms with van der Waals surface area (Å²) in [5.41, 5.74) is 0. The minimum atomic E-state index is -0.868. The highest BCUT2D eigenvalue weighted by atomic mass is 16.3. The molecule has 3 N–H and O–H groups in total. The first-order chi connectivity index (χ1) is 23.2. The fraction of sp³-hybridized carbons (Fsp3) is 0.744. The van der Waals surface area contributed by atoms with Gasteiger partial charge in [0.15, 0.2) is 0 Å². The van der Waals surface area contributed by atoms with Crippen LogP contribution in [-0.4, -0.2) is 34.9 Å². The molecule has 0 rings (SSSR count). The van der Waals surface area contributed by atoms with E-state index in [0.717, 1.165) is 57.8 Å². The second-order valence-corrected chi connectivity index (χ2v) is 13.3. The highest BCUT2D eigenvalue weighted by molar-refractivity contribution is 5.76. The molecule has 0 aromatic rings. The minimum Gasteiger partial charge on any atom is -0.394 e. The first-order valence-electron chi connectivity index (χ1n) is 20.0. The summed E-state index contributed by atoms with van der Waals surface area (Å²) in [5, 5.41) is 22.9. The molecule has 0 saturated heterocycles. The molecule has 0 fully saturated rings. The molecule has 0 bridgehead atoms. The maximum atomic E-state index is 12.3. The zero-order valence-electron chi connectivity index (χ0n) is 31.0. The second kappa shape index (κ2) is 38.5. The molecule has 47 heavy (non-hydrogen) atoms. The lowest BCUT2D eigenvalue weighted by atomic mass is 10.1. The third-order valence-corrected chi connectivity index (χ3v) is 8.72. The Balaban J connectivity index is 3.69. The quantitative estimate of drug-likeness (QED) is 0.0470. The van der Waals surface area contributed by atoms with Crippen molar-refractivity contribution in [2.45, 2.75) is 199 Å². The SMILES string of the molecule is CCCCCCC/C=C\C/C=C\C/C=C\CCCCCCCCC(=O)NC(CO)C(O)/C=C/CC/C=C/CCCCCCCCCC. The molecule has 4 heteroatoms. The van der Waals surface area contributed by atoms with Gasteiger partial charge in [0.1, 0.15) is 0 Å². The van der Waals surface area contributed by atoms with E-state index in [4.69, 9.17) is 0 Å². The van der Waals surface area contributed by atoms with Crippen molar-refractivity contribution < 1.29 is 15.0 Å². The van der Waals surface area contributed by atoms with Gasteiger partial charge in [0.05, 0.1) is 18.8 Å². The summed E-state index contributed by atoms with van der Waals surface area (Å²) in [5.74, 6) is -0.0894. The second-order valence-electron chi connectivity index (χ2n) is 13.3. The first kappa shape index (κ1) is 45.1. The highest BCUT2D eigenvalue weighted by Gasteiger charge is 2.17. The van der Waals surface area contributed by atoms with Crippen LogP contribution in [0.3, 0.4) is 0 Å². The Morgan fingerprint density at radius 3 is 1.38 bits per heavy atom. The predicted molar refractivity (Wildman–Crippen MR) is 207 cm³/mol. The number of aliphatic hydroxyl groups is 2. The highest BCUT2D eigenvalue weighted by Crippen LogP contribution is 2.11. The Bertz CT molecular complexity index is 797. The number of rotatable bonds is 35. The van der Waals surface area contributed by atoms with E-state index >= 15 is 0 Å². The van der Waals surface area contributed by atoms with Gasteiger partial charge in [-0.1, -0.05) is 171 Å². The van der Waals surface area contributed by atoms with E-state index < -0.39 is 12.1 Å². The van der Waals surface area contributed by atoms with E-state index in [-0.39, 0.29) is 12.5 Å². The van der Waals surface area contributed by atoms with Gasteiger partial charge in [0.25, 0.3) is 0 Å². The number of amides is 1. The number of hydrogen-bond acceptors (Lipinski definition) is 3. The van der Waals surface area contributed by atoms with Crippen LogP contribution in [0, 0.1) is 0 Å². The lowest BCUT2D eigenvalue weighted by molar-refractivity contribution is -0.123. The van der Waals surface area contributed by atoms with Crippen molar-refractivity contribution in [3.05, 3.63) is 60.8 Å². The Hall–Kier alpha value is -1.91. The molecule has 0 spiro atoms. The van der Waals surface area contributed by atoms with Crippen LogP contribution in [-0.2, 0) is 4.79 Å². The fourth-order valence-electron chi connectivity index (χ4n) is 5.61. The van der Waals surface area contributed by atoms with Gasteiger partial charge >= 0.3 is 0 Å². The van der Waals surface area contributed by atoms with E-state index in [0.29, 0.717) is 6.42 Å². The van der Waals surface area contributed by atoms with E-state index in [1.165, 1.54) is 109 Å². The molecule has 272 valence electrons. The molecule has 0 heterocycles. The van der Waals surface area contributed by atoms with Crippen molar-refractivity contribution in [1.82, 2.24) is 5.32 Å². The molecule has 0 aromatic carbocycles. The van der Waals surface area contributed by atoms with Crippen molar-refractivity contribution in [3.8, 4) is 0 Å². The van der Waals surface area contributed by atoms with Crippen LogP contribution < -0.4 is 5.32 Å². The zero-order valence-corrected chi connectivity index (χ0v) is 31.0. The zero-order chi connectivity index (χ0) is 34.3. The van der Waals surface area contributed by atoms with Gasteiger partial charge in [-0.25, -0.2) is 0 Å². The molecule has 1 amide bonds. The smallest absolute Gasteiger partial charge is 0.220 e. The molecule has 0 radical (unpaired) electrons. The Kier molecular flexibility index (Phi) is 37.0. The molecule has 0 aromatic heterocycles. The van der Waals surface area contributed by atoms with Crippen molar-refractivity contribution in [2.75, 3.05) is 6.61 Å². The summed E-state index contributed by atoms with van der Waals surface area (Å²) in [4.78, 5) is 12.3. The van der Waals surface area contributed by atoms with Gasteiger partial charge in [0, 0.05) is 6.42 Å². The summed E-state index contributed by atoms with van der Waals surface area (Å²) in [6.07, 6.45) is 53.1. The number of aliphatic hydroxyl groups excluding tert-OH is 2. The summed E-state index contributed by atoms with van der Waals surface area (Å²) < 4.78 is 0. The van der Waals surface area contributed by atoms with Crippen molar-refractivity contribution >= 4 is 5.91 Å². The molecule has 2 atom stereocenters. The molecular weight excluding hydrogens is 578 g/mol. The van der Waals surface area contributed by atoms with Crippen LogP contribution in [0.15, 0.2) is 60.8 Å². The van der Waals surface area contributed by atoms with Crippen LogP contribution >= 0.6 is 0 Å². The first-order valence-corrected chi connectivity index (χ1v) is 20.0. The van der Waals surface area contributed by atoms with E-state index in [1.54, 1.807) is 6.08 Å². The summed E-state index contributed by atoms with van der Waals surface area (Å²) >= 11 is 0. The summed E-state index contributed by atoms with van der Waals surface area (Å²) in [6, 6.07) is -0.647. The standard InChI is InChI=1S/C43H77NO3/c1-3-5-7-9-11-13-15-17-19-20-21-22-23-24-25-27-29-31-33-35-37-39-43(47)44-41(40-45)42(46)38-36-34-32-30-28-26-18-16-14-12-10-8-6-4-2/h15,17,20-21,23-24,28,30,36,38,41-42,45-46H,3-14,16,18-19,22,25-27,29,31-35,37,39-40H2,1-2H3,(H,44,47)/b17-15-,21-20-,24-23-,30-28+,38-36+. The largest absolute Gasteiger partial charge is 0.394 e. The van der Waals surface area contributed by atoms with Crippen molar-refractivity contribution in [1.29, 1.82) is 0 Å². The van der Waals surface area contributed by atoms with Crippen LogP contribution in [0.2, 0.25) is 0 Å². The average Bonchev–Trinajstić information content (AvgIpc) is 3.07. The van der Waals surface area contributed by atoms with Gasteiger partial charge in [0.2, 0.25) is 5.91 Å². The average molecular weight is 656 g/mol. The third kappa shape index (κ3) is 35.2. The van der Waals surface area contributed by atoms with Gasteiger partial charge in [-0.05, 0) is 70.6 Å². The Morgan fingerprint density at radius 2 is 0.894 bits per heavy atom. The van der Waals surface area contributed by atoms with Crippen LogP contribution in [0.5, 0.6) is 0 Å².